The molecule has 20 nitrogen and oxygen atoms in total. The minimum Gasteiger partial charge on any atom is -0.388 e. The molecule has 20 heteroatoms. The molecule has 6 N–H and O–H groups in total. The highest BCUT2D eigenvalue weighted by molar-refractivity contribution is 5.96. The molecule has 4 amide bonds. The Kier molecular flexibility index (Phi) is 19.8. The summed E-state index contributed by atoms with van der Waals surface area (Å²) in [5, 5.41) is 47.1. The minimum absolute atomic E-state index is 0.0774. The van der Waals surface area contributed by atoms with Crippen LogP contribution in [0.3, 0.4) is 0 Å². The molecule has 4 rings (SSSR count). The number of hydrogen-bond acceptors (Lipinski definition) is 16. The van der Waals surface area contributed by atoms with Crippen LogP contribution in [0.2, 0.25) is 0 Å². The summed E-state index contributed by atoms with van der Waals surface area (Å²) in [6.07, 6.45) is -3.20. The van der Waals surface area contributed by atoms with Gasteiger partial charge in [0, 0.05) is 52.2 Å². The third-order valence-electron chi connectivity index (χ3n) is 9.99. The van der Waals surface area contributed by atoms with Crippen LogP contribution < -0.4 is 10.6 Å². The van der Waals surface area contributed by atoms with Crippen molar-refractivity contribution >= 4 is 23.6 Å². The lowest BCUT2D eigenvalue weighted by molar-refractivity contribution is -0.203. The van der Waals surface area contributed by atoms with Gasteiger partial charge in [0.25, 0.3) is 0 Å². The van der Waals surface area contributed by atoms with Gasteiger partial charge >= 0.3 is 0 Å². The molecule has 0 spiro atoms. The summed E-state index contributed by atoms with van der Waals surface area (Å²) in [6.45, 7) is 7.20. The number of nitrogens with one attached hydrogen (secondary N) is 2. The van der Waals surface area contributed by atoms with Gasteiger partial charge in [0.2, 0.25) is 23.6 Å². The first-order valence-electron chi connectivity index (χ1n) is 19.3. The monoisotopic (exact) mass is 804 g/mol. The van der Waals surface area contributed by atoms with Crippen LogP contribution in [0.15, 0.2) is 12.2 Å². The van der Waals surface area contributed by atoms with Crippen molar-refractivity contribution in [3.05, 3.63) is 12.2 Å². The van der Waals surface area contributed by atoms with Crippen molar-refractivity contribution in [2.45, 2.75) is 87.6 Å². The number of likely N-dealkylation sites (tertiary alicyclic amines) is 2. The molecule has 4 saturated heterocycles. The van der Waals surface area contributed by atoms with E-state index in [9.17, 15) is 39.6 Å². The molecule has 4 heterocycles. The maximum Gasteiger partial charge on any atom is 0.244 e. The van der Waals surface area contributed by atoms with Crippen LogP contribution in [0.25, 0.3) is 0 Å². The van der Waals surface area contributed by atoms with Gasteiger partial charge < -0.3 is 78.8 Å². The molecule has 4 aliphatic rings. The Morgan fingerprint density at radius 1 is 0.554 bits per heavy atom. The number of carbonyl (C=O) groups is 4. The van der Waals surface area contributed by atoms with Gasteiger partial charge in [-0.25, -0.2) is 0 Å². The summed E-state index contributed by atoms with van der Waals surface area (Å²) in [4.78, 5) is 50.5. The van der Waals surface area contributed by atoms with Gasteiger partial charge in [0.1, 0.15) is 36.6 Å². The Labute approximate surface area is 326 Å². The topological polar surface area (TPSA) is 254 Å². The molecule has 0 bridgehead atoms. The van der Waals surface area contributed by atoms with Crippen LogP contribution in [0.1, 0.15) is 26.7 Å². The predicted octanol–water partition coefficient (Wildman–Crippen LogP) is -3.91. The Morgan fingerprint density at radius 3 is 1.25 bits per heavy atom. The molecule has 0 aromatic rings. The third-order valence-corrected chi connectivity index (χ3v) is 9.99. The van der Waals surface area contributed by atoms with E-state index in [1.54, 1.807) is 0 Å². The number of aliphatic hydroxyl groups excluding tert-OH is 4. The van der Waals surface area contributed by atoms with E-state index in [1.807, 2.05) is 0 Å². The first-order valence-corrected chi connectivity index (χ1v) is 19.3. The highest BCUT2D eigenvalue weighted by atomic mass is 16.6. The Balaban J connectivity index is 0.881. The maximum absolute atomic E-state index is 11.9. The molecule has 6 unspecified atom stereocenters. The second-order valence-electron chi connectivity index (χ2n) is 13.9. The largest absolute Gasteiger partial charge is 0.388 e. The van der Waals surface area contributed by atoms with E-state index in [0.29, 0.717) is 52.4 Å². The second-order valence-corrected chi connectivity index (χ2v) is 13.9. The van der Waals surface area contributed by atoms with E-state index in [0.717, 1.165) is 12.2 Å². The van der Waals surface area contributed by atoms with Crippen molar-refractivity contribution in [2.24, 2.45) is 0 Å². The van der Waals surface area contributed by atoms with E-state index in [-0.39, 0.29) is 90.0 Å². The van der Waals surface area contributed by atoms with Gasteiger partial charge in [-0.2, -0.15) is 0 Å². The molecular formula is C36H60N4O16. The summed E-state index contributed by atoms with van der Waals surface area (Å²) in [5.74, 6) is -1.22. The van der Waals surface area contributed by atoms with Crippen molar-refractivity contribution in [1.82, 2.24) is 20.4 Å². The molecule has 0 radical (unpaired) electrons. The smallest absolute Gasteiger partial charge is 0.244 e. The van der Waals surface area contributed by atoms with Crippen molar-refractivity contribution in [3.63, 3.8) is 0 Å². The number of nitrogens with zero attached hydrogens (tertiary/aromatic N) is 2. The number of carbonyl (C=O) groups excluding carboxylic acids is 4. The van der Waals surface area contributed by atoms with Crippen molar-refractivity contribution in [1.29, 1.82) is 0 Å². The first kappa shape index (κ1) is 45.8. The Hall–Kier alpha value is -2.86. The number of hydrogen-bond donors (Lipinski definition) is 6. The second kappa shape index (κ2) is 24.2. The van der Waals surface area contributed by atoms with Gasteiger partial charge in [-0.05, 0) is 12.8 Å². The lowest BCUT2D eigenvalue weighted by Crippen LogP contribution is -2.61. The zero-order chi connectivity index (χ0) is 40.5. The van der Waals surface area contributed by atoms with E-state index in [1.165, 1.54) is 23.6 Å². The fraction of sp³-hybridized carbons (Fsp3) is 0.833. The summed E-state index contributed by atoms with van der Waals surface area (Å²) in [6, 6.07) is -1.10. The molecule has 10 atom stereocenters. The number of ether oxygens (including phenoxy) is 8. The molecule has 0 saturated carbocycles. The maximum atomic E-state index is 11.9. The van der Waals surface area contributed by atoms with Crippen LogP contribution in [-0.2, 0) is 57.1 Å². The van der Waals surface area contributed by atoms with Crippen molar-refractivity contribution in [3.8, 4) is 0 Å². The van der Waals surface area contributed by atoms with Gasteiger partial charge in [-0.15, -0.1) is 0 Å². The molecule has 0 aliphatic carbocycles. The van der Waals surface area contributed by atoms with Crippen LogP contribution in [0.4, 0.5) is 0 Å². The highest BCUT2D eigenvalue weighted by Gasteiger charge is 2.52. The van der Waals surface area contributed by atoms with Crippen molar-refractivity contribution in [2.75, 3.05) is 105 Å². The lowest BCUT2D eigenvalue weighted by Gasteiger charge is -2.42. The third kappa shape index (κ3) is 13.9. The van der Waals surface area contributed by atoms with Crippen LogP contribution in [0, 0.1) is 0 Å². The molecule has 4 aliphatic heterocycles. The normalized spacial score (nSPS) is 30.0. The number of amides is 4. The highest BCUT2D eigenvalue weighted by Crippen LogP contribution is 2.33. The minimum atomic E-state index is -1.17. The zero-order valence-corrected chi connectivity index (χ0v) is 32.2. The quantitative estimate of drug-likeness (QED) is 0.0403. The molecule has 0 aromatic heterocycles. The summed E-state index contributed by atoms with van der Waals surface area (Å²) in [7, 11) is 0. The zero-order valence-electron chi connectivity index (χ0n) is 32.2. The number of aliphatic hydroxyl groups is 4. The van der Waals surface area contributed by atoms with Gasteiger partial charge in [-0.3, -0.25) is 19.2 Å². The van der Waals surface area contributed by atoms with Gasteiger partial charge in [0.05, 0.1) is 104 Å². The fourth-order valence-corrected chi connectivity index (χ4v) is 7.18. The SMILES string of the molecule is CC(=O)N1CC[C@@H]2OC(COCCOCCOCCNC(=O)/C=C\C(=O)NCCOCCOCCOCC3O[C@H]4CCN(C(C)=O)[C@H]4C(O)C3O)C(O)C(O)[C@@H]21. The first-order chi connectivity index (χ1) is 27.0. The predicted molar refractivity (Wildman–Crippen MR) is 193 cm³/mol. The molecular weight excluding hydrogens is 744 g/mol. The standard InChI is InChI=1S/C36H60N4O16/c1-23(41)39-9-5-25-31(39)35(47)33(45)27(55-25)21-53-19-17-51-15-13-49-11-7-37-29(43)3-4-30(44)38-8-12-50-14-16-52-18-20-54-22-28-34(46)36(48)32-26(56-28)6-10-40(32)24(2)42/h3-4,25-28,31-36,45-48H,5-22H2,1-2H3,(H,37,43)(H,38,44)/b4-3-/t25-,26-,27?,28?,31+,32+,33?,34?,35?,36?/m0/s1. The van der Waals surface area contributed by atoms with E-state index in [4.69, 9.17) is 37.9 Å². The average Bonchev–Trinajstić information content (AvgIpc) is 3.81. The van der Waals surface area contributed by atoms with Crippen LogP contribution in [-0.4, -0.2) is 220 Å². The molecule has 0 aromatic carbocycles. The lowest BCUT2D eigenvalue weighted by atomic mass is 9.93. The van der Waals surface area contributed by atoms with E-state index >= 15 is 0 Å². The van der Waals surface area contributed by atoms with Crippen LogP contribution in [0.5, 0.6) is 0 Å². The summed E-state index contributed by atoms with van der Waals surface area (Å²) in [5.41, 5.74) is 0. The van der Waals surface area contributed by atoms with E-state index in [2.05, 4.69) is 10.6 Å². The van der Waals surface area contributed by atoms with Crippen LogP contribution >= 0.6 is 0 Å². The molecule has 56 heavy (non-hydrogen) atoms. The average molecular weight is 805 g/mol. The Morgan fingerprint density at radius 2 is 0.893 bits per heavy atom. The van der Waals surface area contributed by atoms with Crippen molar-refractivity contribution < 1.29 is 77.5 Å². The number of rotatable bonds is 24. The van der Waals surface area contributed by atoms with Gasteiger partial charge in [0.15, 0.2) is 0 Å². The van der Waals surface area contributed by atoms with Gasteiger partial charge in [-0.1, -0.05) is 0 Å². The number of fused-ring (bicyclic) bond motifs is 2. The summed E-state index contributed by atoms with van der Waals surface area (Å²) >= 11 is 0. The Bertz CT molecular complexity index is 1170. The summed E-state index contributed by atoms with van der Waals surface area (Å²) < 4.78 is 44.7. The molecule has 320 valence electrons. The van der Waals surface area contributed by atoms with E-state index < -0.39 is 60.5 Å². The molecule has 4 fully saturated rings. The fourth-order valence-electron chi connectivity index (χ4n) is 7.18.